The third-order valence-corrected chi connectivity index (χ3v) is 4.42. The lowest BCUT2D eigenvalue weighted by molar-refractivity contribution is 0.154. The fourth-order valence-corrected chi connectivity index (χ4v) is 3.50. The zero-order valence-corrected chi connectivity index (χ0v) is 12.4. The molecule has 4 nitrogen and oxygen atoms in total. The lowest BCUT2D eigenvalue weighted by Gasteiger charge is -2.37. The Hall–Kier alpha value is -0.910. The highest BCUT2D eigenvalue weighted by Gasteiger charge is 2.25. The van der Waals surface area contributed by atoms with Crippen LogP contribution in [0.15, 0.2) is 30.3 Å². The summed E-state index contributed by atoms with van der Waals surface area (Å²) in [5.74, 6) is 0. The van der Waals surface area contributed by atoms with Crippen LogP contribution in [0.2, 0.25) is 0 Å². The first-order valence-electron chi connectivity index (χ1n) is 6.72. The molecular weight excluding hydrogens is 260 g/mol. The molecule has 0 amide bonds. The van der Waals surface area contributed by atoms with Crippen LogP contribution in [0.1, 0.15) is 31.4 Å². The number of hydrogen-bond donors (Lipinski definition) is 1. The number of nitrogens with zero attached hydrogens (tertiary/aromatic N) is 1. The third-order valence-electron chi connectivity index (χ3n) is 3.66. The van der Waals surface area contributed by atoms with Crippen molar-refractivity contribution in [3.05, 3.63) is 35.9 Å². The standard InChI is InChI=1S/C14H22N2O2S/c1-12(13-7-4-3-5-8-13)16-10-6-9-14(11-16)15-19(2,17)18/h3-5,7-8,12,14-15H,6,9-11H2,1-2H3. The van der Waals surface area contributed by atoms with Crippen LogP contribution in [0.3, 0.4) is 0 Å². The highest BCUT2D eigenvalue weighted by Crippen LogP contribution is 2.24. The summed E-state index contributed by atoms with van der Waals surface area (Å²) in [5, 5.41) is 0. The van der Waals surface area contributed by atoms with Crippen molar-refractivity contribution in [2.24, 2.45) is 0 Å². The maximum atomic E-state index is 11.3. The van der Waals surface area contributed by atoms with E-state index in [1.54, 1.807) is 0 Å². The van der Waals surface area contributed by atoms with Crippen molar-refractivity contribution in [3.63, 3.8) is 0 Å². The van der Waals surface area contributed by atoms with Crippen molar-refractivity contribution < 1.29 is 8.42 Å². The summed E-state index contributed by atoms with van der Waals surface area (Å²) < 4.78 is 25.4. The van der Waals surface area contributed by atoms with Crippen LogP contribution in [-0.4, -0.2) is 38.7 Å². The van der Waals surface area contributed by atoms with Gasteiger partial charge >= 0.3 is 0 Å². The van der Waals surface area contributed by atoms with E-state index in [1.165, 1.54) is 11.8 Å². The van der Waals surface area contributed by atoms with Gasteiger partial charge in [0.2, 0.25) is 10.0 Å². The highest BCUT2D eigenvalue weighted by molar-refractivity contribution is 7.88. The Morgan fingerprint density at radius 3 is 2.63 bits per heavy atom. The molecule has 2 rings (SSSR count). The van der Waals surface area contributed by atoms with Crippen molar-refractivity contribution in [2.75, 3.05) is 19.3 Å². The largest absolute Gasteiger partial charge is 0.295 e. The highest BCUT2D eigenvalue weighted by atomic mass is 32.2. The van der Waals surface area contributed by atoms with E-state index in [0.717, 1.165) is 25.9 Å². The van der Waals surface area contributed by atoms with Gasteiger partial charge in [-0.15, -0.1) is 0 Å². The summed E-state index contributed by atoms with van der Waals surface area (Å²) in [6.45, 7) is 3.99. The minimum absolute atomic E-state index is 0.0370. The van der Waals surface area contributed by atoms with Crippen LogP contribution < -0.4 is 4.72 Å². The van der Waals surface area contributed by atoms with Crippen LogP contribution in [0.4, 0.5) is 0 Å². The van der Waals surface area contributed by atoms with E-state index in [1.807, 2.05) is 18.2 Å². The predicted octanol–water partition coefficient (Wildman–Crippen LogP) is 1.76. The molecule has 0 radical (unpaired) electrons. The topological polar surface area (TPSA) is 49.4 Å². The summed E-state index contributed by atoms with van der Waals surface area (Å²) in [7, 11) is -3.11. The predicted molar refractivity (Wildman–Crippen MR) is 77.4 cm³/mol. The number of benzene rings is 1. The first kappa shape index (κ1) is 14.5. The molecule has 1 aromatic carbocycles. The van der Waals surface area contributed by atoms with Gasteiger partial charge in [-0.05, 0) is 31.9 Å². The average Bonchev–Trinajstić information content (AvgIpc) is 2.37. The monoisotopic (exact) mass is 282 g/mol. The molecule has 1 N–H and O–H groups in total. The number of likely N-dealkylation sites (tertiary alicyclic amines) is 1. The van der Waals surface area contributed by atoms with Gasteiger partial charge in [-0.2, -0.15) is 0 Å². The van der Waals surface area contributed by atoms with E-state index >= 15 is 0 Å². The van der Waals surface area contributed by atoms with Gasteiger partial charge in [0.15, 0.2) is 0 Å². The van der Waals surface area contributed by atoms with Gasteiger partial charge < -0.3 is 0 Å². The molecular formula is C14H22N2O2S. The number of rotatable bonds is 4. The Kier molecular flexibility index (Phi) is 4.60. The lowest BCUT2D eigenvalue weighted by atomic mass is 10.0. The molecule has 0 aromatic heterocycles. The molecule has 2 unspecified atom stereocenters. The Morgan fingerprint density at radius 1 is 1.32 bits per heavy atom. The summed E-state index contributed by atoms with van der Waals surface area (Å²) in [6.07, 6.45) is 3.18. The van der Waals surface area contributed by atoms with Crippen LogP contribution in [0.5, 0.6) is 0 Å². The first-order valence-corrected chi connectivity index (χ1v) is 8.61. The zero-order chi connectivity index (χ0) is 13.9. The lowest BCUT2D eigenvalue weighted by Crippen LogP contribution is -2.47. The molecule has 1 heterocycles. The Morgan fingerprint density at radius 2 is 2.00 bits per heavy atom. The number of piperidine rings is 1. The molecule has 106 valence electrons. The molecule has 1 aromatic rings. The summed E-state index contributed by atoms with van der Waals surface area (Å²) >= 11 is 0. The SMILES string of the molecule is CC(c1ccccc1)N1CCCC(NS(C)(=O)=O)C1. The Balaban J connectivity index is 2.01. The minimum atomic E-state index is -3.11. The second-order valence-corrected chi connectivity index (χ2v) is 7.09. The number of nitrogens with one attached hydrogen (secondary N) is 1. The molecule has 19 heavy (non-hydrogen) atoms. The van der Waals surface area contributed by atoms with Gasteiger partial charge in [0.25, 0.3) is 0 Å². The van der Waals surface area contributed by atoms with Crippen molar-refractivity contribution in [1.29, 1.82) is 0 Å². The molecule has 0 aliphatic carbocycles. The molecule has 2 atom stereocenters. The third kappa shape index (κ3) is 4.30. The van der Waals surface area contributed by atoms with Crippen LogP contribution >= 0.6 is 0 Å². The van der Waals surface area contributed by atoms with Crippen molar-refractivity contribution >= 4 is 10.0 Å². The maximum Gasteiger partial charge on any atom is 0.208 e. The summed E-state index contributed by atoms with van der Waals surface area (Å²) in [6, 6.07) is 10.7. The Labute approximate surface area is 115 Å². The van der Waals surface area contributed by atoms with E-state index in [4.69, 9.17) is 0 Å². The molecule has 5 heteroatoms. The van der Waals surface area contributed by atoms with E-state index in [2.05, 4.69) is 28.7 Å². The van der Waals surface area contributed by atoms with Crippen LogP contribution in [0, 0.1) is 0 Å². The molecule has 0 bridgehead atoms. The quantitative estimate of drug-likeness (QED) is 0.915. The fourth-order valence-electron chi connectivity index (χ4n) is 2.70. The van der Waals surface area contributed by atoms with E-state index < -0.39 is 10.0 Å². The van der Waals surface area contributed by atoms with Gasteiger partial charge in [-0.3, -0.25) is 4.90 Å². The van der Waals surface area contributed by atoms with E-state index in [0.29, 0.717) is 6.04 Å². The summed E-state index contributed by atoms with van der Waals surface area (Å²) in [4.78, 5) is 2.35. The molecule has 0 saturated carbocycles. The van der Waals surface area contributed by atoms with E-state index in [9.17, 15) is 8.42 Å². The van der Waals surface area contributed by atoms with Gasteiger partial charge in [0.05, 0.1) is 6.26 Å². The zero-order valence-electron chi connectivity index (χ0n) is 11.5. The Bertz CT molecular complexity index is 501. The maximum absolute atomic E-state index is 11.3. The van der Waals surface area contributed by atoms with Crippen molar-refractivity contribution in [2.45, 2.75) is 31.8 Å². The van der Waals surface area contributed by atoms with Gasteiger partial charge in [0.1, 0.15) is 0 Å². The normalized spacial score (nSPS) is 23.2. The summed E-state index contributed by atoms with van der Waals surface area (Å²) in [5.41, 5.74) is 1.28. The molecule has 1 saturated heterocycles. The van der Waals surface area contributed by atoms with Gasteiger partial charge in [0, 0.05) is 18.6 Å². The second kappa shape index (κ2) is 6.03. The first-order chi connectivity index (χ1) is 8.96. The number of sulfonamides is 1. The van der Waals surface area contributed by atoms with E-state index in [-0.39, 0.29) is 6.04 Å². The van der Waals surface area contributed by atoms with Crippen LogP contribution in [0.25, 0.3) is 0 Å². The molecule has 1 fully saturated rings. The molecule has 0 spiro atoms. The second-order valence-electron chi connectivity index (χ2n) is 5.31. The van der Waals surface area contributed by atoms with Gasteiger partial charge in [-0.1, -0.05) is 30.3 Å². The minimum Gasteiger partial charge on any atom is -0.295 e. The molecule has 1 aliphatic rings. The fraction of sp³-hybridized carbons (Fsp3) is 0.571. The van der Waals surface area contributed by atoms with Gasteiger partial charge in [-0.25, -0.2) is 13.1 Å². The molecule has 1 aliphatic heterocycles. The number of hydrogen-bond acceptors (Lipinski definition) is 3. The average molecular weight is 282 g/mol. The van der Waals surface area contributed by atoms with Crippen molar-refractivity contribution in [1.82, 2.24) is 9.62 Å². The van der Waals surface area contributed by atoms with Crippen molar-refractivity contribution in [3.8, 4) is 0 Å². The van der Waals surface area contributed by atoms with Crippen LogP contribution in [-0.2, 0) is 10.0 Å². The smallest absolute Gasteiger partial charge is 0.208 e.